The van der Waals surface area contributed by atoms with Gasteiger partial charge in [0, 0.05) is 31.6 Å². The van der Waals surface area contributed by atoms with Gasteiger partial charge in [-0.1, -0.05) is 29.4 Å². The van der Waals surface area contributed by atoms with Crippen molar-refractivity contribution in [2.75, 3.05) is 13.1 Å². The maximum atomic E-state index is 12.6. The summed E-state index contributed by atoms with van der Waals surface area (Å²) in [6.07, 6.45) is 3.24. The zero-order valence-corrected chi connectivity index (χ0v) is 15.6. The standard InChI is InChI=1S/C19H21FN6O2/c1-25-16(21-12-22-25)10-17(27)26-8-6-15(7-9-26)19-23-18(24-28-19)14-4-2-13(11-20)3-5-14/h2-5,12,15H,6-11H2,1H3. The van der Waals surface area contributed by atoms with E-state index in [1.54, 1.807) is 36.0 Å². The molecular formula is C19H21FN6O2. The zero-order valence-electron chi connectivity index (χ0n) is 15.6. The molecular weight excluding hydrogens is 363 g/mol. The number of carbonyl (C=O) groups is 1. The number of amides is 1. The summed E-state index contributed by atoms with van der Waals surface area (Å²) in [6, 6.07) is 7.01. The number of aromatic nitrogens is 5. The molecule has 146 valence electrons. The van der Waals surface area contributed by atoms with Crippen LogP contribution in [0.3, 0.4) is 0 Å². The maximum Gasteiger partial charge on any atom is 0.230 e. The zero-order chi connectivity index (χ0) is 19.5. The first kappa shape index (κ1) is 18.3. The number of alkyl halides is 1. The van der Waals surface area contributed by atoms with Gasteiger partial charge in [-0.25, -0.2) is 9.37 Å². The first-order chi connectivity index (χ1) is 13.6. The lowest BCUT2D eigenvalue weighted by Gasteiger charge is -2.30. The number of aryl methyl sites for hydroxylation is 1. The molecule has 8 nitrogen and oxygen atoms in total. The van der Waals surface area contributed by atoms with E-state index in [0.29, 0.717) is 36.2 Å². The van der Waals surface area contributed by atoms with Crippen molar-refractivity contribution in [3.63, 3.8) is 0 Å². The molecule has 1 saturated heterocycles. The van der Waals surface area contributed by atoms with Gasteiger partial charge in [-0.3, -0.25) is 9.48 Å². The Morgan fingerprint density at radius 2 is 2.00 bits per heavy atom. The van der Waals surface area contributed by atoms with Crippen molar-refractivity contribution in [1.82, 2.24) is 29.8 Å². The van der Waals surface area contributed by atoms with E-state index < -0.39 is 6.67 Å². The lowest BCUT2D eigenvalue weighted by atomic mass is 9.96. The average Bonchev–Trinajstić information content (AvgIpc) is 3.38. The molecule has 4 rings (SSSR count). The van der Waals surface area contributed by atoms with Crippen molar-refractivity contribution in [3.8, 4) is 11.4 Å². The second-order valence-corrected chi connectivity index (χ2v) is 6.92. The Morgan fingerprint density at radius 3 is 2.64 bits per heavy atom. The van der Waals surface area contributed by atoms with E-state index in [2.05, 4.69) is 20.2 Å². The fourth-order valence-corrected chi connectivity index (χ4v) is 3.36. The van der Waals surface area contributed by atoms with Crippen molar-refractivity contribution in [2.45, 2.75) is 31.9 Å². The lowest BCUT2D eigenvalue weighted by molar-refractivity contribution is -0.131. The van der Waals surface area contributed by atoms with Crippen LogP contribution in [0.2, 0.25) is 0 Å². The smallest absolute Gasteiger partial charge is 0.230 e. The third-order valence-corrected chi connectivity index (χ3v) is 5.12. The minimum Gasteiger partial charge on any atom is -0.342 e. The summed E-state index contributed by atoms with van der Waals surface area (Å²) in [7, 11) is 1.78. The van der Waals surface area contributed by atoms with E-state index in [9.17, 15) is 9.18 Å². The fourth-order valence-electron chi connectivity index (χ4n) is 3.36. The predicted molar refractivity (Wildman–Crippen MR) is 97.8 cm³/mol. The highest BCUT2D eigenvalue weighted by Crippen LogP contribution is 2.29. The molecule has 28 heavy (non-hydrogen) atoms. The van der Waals surface area contributed by atoms with Crippen molar-refractivity contribution >= 4 is 5.91 Å². The summed E-state index contributed by atoms with van der Waals surface area (Å²) in [4.78, 5) is 22.9. The first-order valence-corrected chi connectivity index (χ1v) is 9.23. The van der Waals surface area contributed by atoms with Crippen LogP contribution in [-0.2, 0) is 24.9 Å². The van der Waals surface area contributed by atoms with Gasteiger partial charge < -0.3 is 9.42 Å². The van der Waals surface area contributed by atoms with Gasteiger partial charge in [-0.15, -0.1) is 0 Å². The fraction of sp³-hybridized carbons (Fsp3) is 0.421. The van der Waals surface area contributed by atoms with Crippen LogP contribution in [0, 0.1) is 0 Å². The molecule has 1 fully saturated rings. The number of nitrogens with zero attached hydrogens (tertiary/aromatic N) is 6. The summed E-state index contributed by atoms with van der Waals surface area (Å²) in [6.45, 7) is 0.792. The molecule has 0 bridgehead atoms. The number of rotatable bonds is 5. The van der Waals surface area contributed by atoms with E-state index in [4.69, 9.17) is 4.52 Å². The van der Waals surface area contributed by atoms with Gasteiger partial charge >= 0.3 is 0 Å². The molecule has 3 aromatic rings. The third-order valence-electron chi connectivity index (χ3n) is 5.12. The van der Waals surface area contributed by atoms with Crippen LogP contribution in [0.1, 0.15) is 36.0 Å². The van der Waals surface area contributed by atoms with Crippen LogP contribution >= 0.6 is 0 Å². The molecule has 1 amide bonds. The molecule has 1 aromatic carbocycles. The number of piperidine rings is 1. The average molecular weight is 384 g/mol. The molecule has 0 saturated carbocycles. The third kappa shape index (κ3) is 3.78. The van der Waals surface area contributed by atoms with E-state index in [-0.39, 0.29) is 18.2 Å². The molecule has 1 aliphatic rings. The van der Waals surface area contributed by atoms with Crippen LogP contribution in [0.4, 0.5) is 4.39 Å². The van der Waals surface area contributed by atoms with Crippen molar-refractivity contribution in [1.29, 1.82) is 0 Å². The Balaban J connectivity index is 1.35. The van der Waals surface area contributed by atoms with Crippen LogP contribution in [0.15, 0.2) is 35.1 Å². The molecule has 1 aliphatic heterocycles. The van der Waals surface area contributed by atoms with Crippen LogP contribution in [-0.4, -0.2) is 48.8 Å². The number of likely N-dealkylation sites (tertiary alicyclic amines) is 1. The molecule has 0 radical (unpaired) electrons. The summed E-state index contributed by atoms with van der Waals surface area (Å²) < 4.78 is 19.7. The van der Waals surface area contributed by atoms with Gasteiger partial charge in [0.1, 0.15) is 18.8 Å². The lowest BCUT2D eigenvalue weighted by Crippen LogP contribution is -2.39. The molecule has 0 unspecified atom stereocenters. The minimum absolute atomic E-state index is 0.0497. The first-order valence-electron chi connectivity index (χ1n) is 9.23. The van der Waals surface area contributed by atoms with Gasteiger partial charge in [-0.05, 0) is 18.4 Å². The summed E-state index contributed by atoms with van der Waals surface area (Å²) >= 11 is 0. The Kier molecular flexibility index (Phi) is 5.14. The molecule has 0 aliphatic carbocycles. The Morgan fingerprint density at radius 1 is 1.25 bits per heavy atom. The topological polar surface area (TPSA) is 89.9 Å². The van der Waals surface area contributed by atoms with E-state index in [1.807, 2.05) is 4.90 Å². The van der Waals surface area contributed by atoms with Crippen molar-refractivity contribution in [2.24, 2.45) is 7.05 Å². The minimum atomic E-state index is -0.494. The maximum absolute atomic E-state index is 12.6. The number of carbonyl (C=O) groups excluding carboxylic acids is 1. The second-order valence-electron chi connectivity index (χ2n) is 6.92. The molecule has 3 heterocycles. The monoisotopic (exact) mass is 384 g/mol. The Labute approximate surface area is 161 Å². The largest absolute Gasteiger partial charge is 0.342 e. The van der Waals surface area contributed by atoms with Gasteiger partial charge in [0.25, 0.3) is 0 Å². The number of hydrogen-bond acceptors (Lipinski definition) is 6. The van der Waals surface area contributed by atoms with E-state index in [1.165, 1.54) is 6.33 Å². The predicted octanol–water partition coefficient (Wildman–Crippen LogP) is 2.28. The van der Waals surface area contributed by atoms with Crippen molar-refractivity contribution in [3.05, 3.63) is 47.9 Å². The van der Waals surface area contributed by atoms with Gasteiger partial charge in [0.05, 0.1) is 6.42 Å². The van der Waals surface area contributed by atoms with Crippen LogP contribution < -0.4 is 0 Å². The highest BCUT2D eigenvalue weighted by atomic mass is 19.1. The van der Waals surface area contributed by atoms with Crippen LogP contribution in [0.25, 0.3) is 11.4 Å². The van der Waals surface area contributed by atoms with Crippen LogP contribution in [0.5, 0.6) is 0 Å². The molecule has 2 aromatic heterocycles. The van der Waals surface area contributed by atoms with Gasteiger partial charge in [-0.2, -0.15) is 10.1 Å². The number of benzene rings is 1. The number of hydrogen-bond donors (Lipinski definition) is 0. The Hall–Kier alpha value is -3.10. The van der Waals surface area contributed by atoms with Gasteiger partial charge in [0.2, 0.25) is 17.6 Å². The summed E-state index contributed by atoms with van der Waals surface area (Å²) in [5.74, 6) is 1.93. The highest BCUT2D eigenvalue weighted by molar-refractivity contribution is 5.78. The second kappa shape index (κ2) is 7.87. The van der Waals surface area contributed by atoms with E-state index in [0.717, 1.165) is 18.4 Å². The molecule has 9 heteroatoms. The normalized spacial score (nSPS) is 15.1. The Bertz CT molecular complexity index is 944. The summed E-state index contributed by atoms with van der Waals surface area (Å²) in [5.41, 5.74) is 1.41. The molecule has 0 atom stereocenters. The highest BCUT2D eigenvalue weighted by Gasteiger charge is 2.28. The quantitative estimate of drug-likeness (QED) is 0.670. The summed E-state index contributed by atoms with van der Waals surface area (Å²) in [5, 5.41) is 8.04. The number of halogens is 1. The molecule has 0 N–H and O–H groups in total. The van der Waals surface area contributed by atoms with E-state index >= 15 is 0 Å². The molecule has 0 spiro atoms. The van der Waals surface area contributed by atoms with Crippen molar-refractivity contribution < 1.29 is 13.7 Å². The van der Waals surface area contributed by atoms with Gasteiger partial charge in [0.15, 0.2) is 0 Å². The SMILES string of the molecule is Cn1ncnc1CC(=O)N1CCC(c2nc(-c3ccc(CF)cc3)no2)CC1.